The number of halogens is 1. The SMILES string of the molecule is CC(C)NC(=O)c1coc(CN(CCc2c[nH]c3ccccc23)Cc2ccc(F)cc2)n1. The van der Waals surface area contributed by atoms with E-state index < -0.39 is 0 Å². The van der Waals surface area contributed by atoms with Gasteiger partial charge in [0.2, 0.25) is 5.89 Å². The third kappa shape index (κ3) is 5.42. The Balaban J connectivity index is 1.49. The quantitative estimate of drug-likeness (QED) is 0.401. The number of hydrogen-bond acceptors (Lipinski definition) is 4. The number of nitrogens with zero attached hydrogens (tertiary/aromatic N) is 2. The van der Waals surface area contributed by atoms with Crippen LogP contribution in [0.1, 0.15) is 41.4 Å². The summed E-state index contributed by atoms with van der Waals surface area (Å²) in [5, 5.41) is 4.02. The number of carbonyl (C=O) groups excluding carboxylic acids is 1. The van der Waals surface area contributed by atoms with Crippen molar-refractivity contribution in [3.05, 3.63) is 89.5 Å². The highest BCUT2D eigenvalue weighted by Crippen LogP contribution is 2.19. The maximum Gasteiger partial charge on any atom is 0.273 e. The van der Waals surface area contributed by atoms with Crippen LogP contribution in [0.3, 0.4) is 0 Å². The standard InChI is InChI=1S/C25H27FN4O2/c1-17(2)28-25(31)23-16-32-24(29-23)15-30(14-18-7-9-20(26)10-8-18)12-11-19-13-27-22-6-4-3-5-21(19)22/h3-10,13,16-17,27H,11-12,14-15H2,1-2H3,(H,28,31). The van der Waals surface area contributed by atoms with Gasteiger partial charge in [0.1, 0.15) is 12.1 Å². The predicted octanol–water partition coefficient (Wildman–Crippen LogP) is 4.68. The first-order chi connectivity index (χ1) is 15.5. The van der Waals surface area contributed by atoms with Crippen LogP contribution < -0.4 is 5.32 Å². The van der Waals surface area contributed by atoms with E-state index >= 15 is 0 Å². The van der Waals surface area contributed by atoms with E-state index in [1.165, 1.54) is 29.3 Å². The summed E-state index contributed by atoms with van der Waals surface area (Å²) in [4.78, 5) is 22.1. The third-order valence-corrected chi connectivity index (χ3v) is 5.25. The molecule has 0 spiro atoms. The molecule has 4 aromatic rings. The minimum absolute atomic E-state index is 0.0220. The van der Waals surface area contributed by atoms with Crippen molar-refractivity contribution in [1.29, 1.82) is 0 Å². The first-order valence-electron chi connectivity index (χ1n) is 10.7. The van der Waals surface area contributed by atoms with Gasteiger partial charge in [-0.25, -0.2) is 9.37 Å². The Bertz CT molecular complexity index is 1180. The molecule has 7 heteroatoms. The van der Waals surface area contributed by atoms with Crippen LogP contribution in [0.4, 0.5) is 4.39 Å². The summed E-state index contributed by atoms with van der Waals surface area (Å²) >= 11 is 0. The molecule has 0 atom stereocenters. The highest BCUT2D eigenvalue weighted by atomic mass is 19.1. The Morgan fingerprint density at radius 1 is 1.16 bits per heavy atom. The van der Waals surface area contributed by atoms with Crippen molar-refractivity contribution in [2.45, 2.75) is 39.4 Å². The number of aromatic amines is 1. The summed E-state index contributed by atoms with van der Waals surface area (Å²) < 4.78 is 18.9. The molecule has 0 aliphatic heterocycles. The van der Waals surface area contributed by atoms with Crippen molar-refractivity contribution in [2.24, 2.45) is 0 Å². The molecule has 0 aliphatic carbocycles. The van der Waals surface area contributed by atoms with E-state index in [4.69, 9.17) is 4.42 Å². The van der Waals surface area contributed by atoms with Crippen molar-refractivity contribution in [1.82, 2.24) is 20.2 Å². The van der Waals surface area contributed by atoms with Crippen LogP contribution in [0.15, 0.2) is 65.4 Å². The van der Waals surface area contributed by atoms with E-state index in [-0.39, 0.29) is 23.5 Å². The molecule has 4 rings (SSSR count). The highest BCUT2D eigenvalue weighted by molar-refractivity contribution is 5.92. The topological polar surface area (TPSA) is 74.2 Å². The number of para-hydroxylation sites is 1. The lowest BCUT2D eigenvalue weighted by Crippen LogP contribution is -2.30. The number of hydrogen-bond donors (Lipinski definition) is 2. The van der Waals surface area contributed by atoms with Crippen molar-refractivity contribution in [3.63, 3.8) is 0 Å². The first kappa shape index (κ1) is 21.8. The van der Waals surface area contributed by atoms with Crippen LogP contribution in [0.25, 0.3) is 10.9 Å². The number of benzene rings is 2. The molecule has 2 aromatic heterocycles. The molecule has 2 N–H and O–H groups in total. The fourth-order valence-electron chi connectivity index (χ4n) is 3.69. The second-order valence-corrected chi connectivity index (χ2v) is 8.20. The second kappa shape index (κ2) is 9.78. The zero-order chi connectivity index (χ0) is 22.5. The lowest BCUT2D eigenvalue weighted by molar-refractivity contribution is 0.0938. The lowest BCUT2D eigenvalue weighted by Gasteiger charge is -2.21. The Morgan fingerprint density at radius 2 is 1.94 bits per heavy atom. The molecule has 166 valence electrons. The number of H-pyrrole nitrogens is 1. The Hall–Kier alpha value is -3.45. The van der Waals surface area contributed by atoms with Crippen molar-refractivity contribution >= 4 is 16.8 Å². The Morgan fingerprint density at radius 3 is 2.72 bits per heavy atom. The zero-order valence-electron chi connectivity index (χ0n) is 18.3. The van der Waals surface area contributed by atoms with Crippen LogP contribution >= 0.6 is 0 Å². The Labute approximate surface area is 186 Å². The monoisotopic (exact) mass is 434 g/mol. The minimum atomic E-state index is -0.257. The zero-order valence-corrected chi connectivity index (χ0v) is 18.3. The minimum Gasteiger partial charge on any atom is -0.447 e. The predicted molar refractivity (Wildman–Crippen MR) is 122 cm³/mol. The lowest BCUT2D eigenvalue weighted by atomic mass is 10.1. The molecule has 2 heterocycles. The summed E-state index contributed by atoms with van der Waals surface area (Å²) in [6.45, 7) is 5.59. The first-order valence-corrected chi connectivity index (χ1v) is 10.7. The maximum atomic E-state index is 13.3. The molecule has 0 radical (unpaired) electrons. The van der Waals surface area contributed by atoms with Crippen LogP contribution in [-0.2, 0) is 19.5 Å². The normalized spacial score (nSPS) is 11.5. The molecule has 0 unspecified atom stereocenters. The molecule has 1 amide bonds. The van der Waals surface area contributed by atoms with E-state index in [0.717, 1.165) is 24.0 Å². The molecule has 0 fully saturated rings. The van der Waals surface area contributed by atoms with Gasteiger partial charge >= 0.3 is 0 Å². The number of carbonyl (C=O) groups is 1. The molecular formula is C25H27FN4O2. The van der Waals surface area contributed by atoms with Crippen LogP contribution in [0.5, 0.6) is 0 Å². The largest absolute Gasteiger partial charge is 0.447 e. The number of rotatable bonds is 9. The van der Waals surface area contributed by atoms with Gasteiger partial charge in [0.25, 0.3) is 5.91 Å². The third-order valence-electron chi connectivity index (χ3n) is 5.25. The van der Waals surface area contributed by atoms with E-state index in [2.05, 4.69) is 32.3 Å². The molecule has 0 saturated carbocycles. The molecule has 0 bridgehead atoms. The summed E-state index contributed by atoms with van der Waals surface area (Å²) in [6.07, 6.45) is 4.26. The summed E-state index contributed by atoms with van der Waals surface area (Å²) in [7, 11) is 0. The van der Waals surface area contributed by atoms with Crippen molar-refractivity contribution < 1.29 is 13.6 Å². The van der Waals surface area contributed by atoms with Gasteiger partial charge in [0.15, 0.2) is 5.69 Å². The van der Waals surface area contributed by atoms with Crippen LogP contribution in [0, 0.1) is 5.82 Å². The van der Waals surface area contributed by atoms with Gasteiger partial charge in [-0.2, -0.15) is 0 Å². The number of nitrogens with one attached hydrogen (secondary N) is 2. The van der Waals surface area contributed by atoms with Gasteiger partial charge in [-0.1, -0.05) is 30.3 Å². The fraction of sp³-hybridized carbons (Fsp3) is 0.280. The molecule has 0 saturated heterocycles. The smallest absolute Gasteiger partial charge is 0.273 e. The summed E-state index contributed by atoms with van der Waals surface area (Å²) in [6, 6.07) is 14.7. The maximum absolute atomic E-state index is 13.3. The molecule has 6 nitrogen and oxygen atoms in total. The summed E-state index contributed by atoms with van der Waals surface area (Å²) in [5.41, 5.74) is 3.61. The van der Waals surface area contributed by atoms with Crippen molar-refractivity contribution in [2.75, 3.05) is 6.54 Å². The van der Waals surface area contributed by atoms with Gasteiger partial charge in [-0.3, -0.25) is 9.69 Å². The number of oxazole rings is 1. The van der Waals surface area contributed by atoms with Crippen LogP contribution in [-0.4, -0.2) is 33.4 Å². The van der Waals surface area contributed by atoms with Gasteiger partial charge in [-0.15, -0.1) is 0 Å². The van der Waals surface area contributed by atoms with Gasteiger partial charge in [0, 0.05) is 36.2 Å². The second-order valence-electron chi connectivity index (χ2n) is 8.20. The summed E-state index contributed by atoms with van der Waals surface area (Å²) in [5.74, 6) is -0.0357. The van der Waals surface area contributed by atoms with Gasteiger partial charge < -0.3 is 14.7 Å². The average Bonchev–Trinajstić information content (AvgIpc) is 3.40. The number of fused-ring (bicyclic) bond motifs is 1. The van der Waals surface area contributed by atoms with E-state index in [1.807, 2.05) is 32.2 Å². The van der Waals surface area contributed by atoms with Crippen LogP contribution in [0.2, 0.25) is 0 Å². The Kier molecular flexibility index (Phi) is 6.66. The number of amides is 1. The number of aromatic nitrogens is 2. The van der Waals surface area contributed by atoms with Crippen molar-refractivity contribution in [3.8, 4) is 0 Å². The highest BCUT2D eigenvalue weighted by Gasteiger charge is 2.16. The molecule has 0 aliphatic rings. The fourth-order valence-corrected chi connectivity index (χ4v) is 3.69. The average molecular weight is 435 g/mol. The molecular weight excluding hydrogens is 407 g/mol. The van der Waals surface area contributed by atoms with Gasteiger partial charge in [-0.05, 0) is 49.6 Å². The van der Waals surface area contributed by atoms with E-state index in [1.54, 1.807) is 12.1 Å². The van der Waals surface area contributed by atoms with E-state index in [0.29, 0.717) is 19.0 Å². The molecule has 32 heavy (non-hydrogen) atoms. The van der Waals surface area contributed by atoms with E-state index in [9.17, 15) is 9.18 Å². The van der Waals surface area contributed by atoms with Gasteiger partial charge in [0.05, 0.1) is 6.54 Å². The molecule has 2 aromatic carbocycles.